The number of aryl methyl sites for hydroxylation is 1. The first-order chi connectivity index (χ1) is 15.0. The second kappa shape index (κ2) is 8.94. The third-order valence-electron chi connectivity index (χ3n) is 5.37. The maximum absolute atomic E-state index is 13.3. The Morgan fingerprint density at radius 1 is 1.16 bits per heavy atom. The summed E-state index contributed by atoms with van der Waals surface area (Å²) < 4.78 is 14.7. The molecule has 31 heavy (non-hydrogen) atoms. The third-order valence-corrected chi connectivity index (χ3v) is 5.61. The number of halogens is 2. The van der Waals surface area contributed by atoms with Crippen molar-refractivity contribution in [3.05, 3.63) is 86.7 Å². The molecule has 4 rings (SSSR count). The minimum atomic E-state index is -0.339. The van der Waals surface area contributed by atoms with Crippen LogP contribution in [0.15, 0.2) is 58.4 Å². The molecule has 0 aliphatic heterocycles. The molecule has 2 aromatic carbocycles. The fourth-order valence-corrected chi connectivity index (χ4v) is 4.01. The van der Waals surface area contributed by atoms with Crippen molar-refractivity contribution in [2.45, 2.75) is 33.1 Å². The van der Waals surface area contributed by atoms with Gasteiger partial charge in [-0.25, -0.2) is 9.07 Å². The van der Waals surface area contributed by atoms with Gasteiger partial charge in [-0.15, -0.1) is 0 Å². The van der Waals surface area contributed by atoms with Crippen molar-refractivity contribution in [3.63, 3.8) is 0 Å². The fourth-order valence-electron chi connectivity index (χ4n) is 3.84. The highest BCUT2D eigenvalue weighted by molar-refractivity contribution is 6.31. The van der Waals surface area contributed by atoms with E-state index in [9.17, 15) is 9.18 Å². The standard InChI is InChI=1S/C24H24ClFN4O/c1-3-4-22-23(24(31)30(29-22)19-8-6-18(26)7-9-19)15(2)27-12-11-16-14-28-21-10-5-17(25)13-20(16)21/h5-10,13-14,28-29H,3-4,11-12H2,1-2H3. The Kier molecular flexibility index (Phi) is 6.09. The average molecular weight is 439 g/mol. The predicted molar refractivity (Wildman–Crippen MR) is 124 cm³/mol. The van der Waals surface area contributed by atoms with Crippen LogP contribution in [0.1, 0.15) is 37.1 Å². The number of hydrogen-bond donors (Lipinski definition) is 2. The van der Waals surface area contributed by atoms with Gasteiger partial charge in [0.15, 0.2) is 0 Å². The smallest absolute Gasteiger partial charge is 0.280 e. The first-order valence-corrected chi connectivity index (χ1v) is 10.7. The van der Waals surface area contributed by atoms with Crippen LogP contribution in [-0.4, -0.2) is 27.0 Å². The van der Waals surface area contributed by atoms with E-state index in [0.717, 1.165) is 41.4 Å². The van der Waals surface area contributed by atoms with E-state index in [1.165, 1.54) is 16.8 Å². The van der Waals surface area contributed by atoms with Gasteiger partial charge in [0.2, 0.25) is 0 Å². The average Bonchev–Trinajstić information content (AvgIpc) is 3.29. The summed E-state index contributed by atoms with van der Waals surface area (Å²) in [5.74, 6) is -0.339. The highest BCUT2D eigenvalue weighted by Crippen LogP contribution is 2.23. The Morgan fingerprint density at radius 2 is 1.94 bits per heavy atom. The minimum absolute atomic E-state index is 0.171. The number of fused-ring (bicyclic) bond motifs is 1. The number of aliphatic imine (C=N–C) groups is 1. The van der Waals surface area contributed by atoms with Crippen molar-refractivity contribution in [2.75, 3.05) is 6.54 Å². The van der Waals surface area contributed by atoms with Gasteiger partial charge in [0.25, 0.3) is 5.56 Å². The number of nitrogens with zero attached hydrogens (tertiary/aromatic N) is 2. The van der Waals surface area contributed by atoms with Crippen molar-refractivity contribution in [3.8, 4) is 5.69 Å². The summed E-state index contributed by atoms with van der Waals surface area (Å²) in [4.78, 5) is 21.1. The van der Waals surface area contributed by atoms with Crippen LogP contribution in [0.3, 0.4) is 0 Å². The molecule has 4 aromatic rings. The number of aromatic amines is 2. The van der Waals surface area contributed by atoms with Gasteiger partial charge in [-0.3, -0.25) is 14.9 Å². The Balaban J connectivity index is 1.61. The molecule has 0 saturated heterocycles. The van der Waals surface area contributed by atoms with E-state index in [0.29, 0.717) is 28.5 Å². The Bertz CT molecular complexity index is 1300. The largest absolute Gasteiger partial charge is 0.361 e. The maximum atomic E-state index is 13.3. The molecule has 2 aromatic heterocycles. The number of benzene rings is 2. The second-order valence-electron chi connectivity index (χ2n) is 7.55. The quantitative estimate of drug-likeness (QED) is 0.370. The van der Waals surface area contributed by atoms with Gasteiger partial charge in [-0.1, -0.05) is 24.9 Å². The van der Waals surface area contributed by atoms with Gasteiger partial charge in [0.05, 0.1) is 11.3 Å². The topological polar surface area (TPSA) is 65.9 Å². The molecule has 160 valence electrons. The molecule has 0 unspecified atom stereocenters. The second-order valence-corrected chi connectivity index (χ2v) is 7.99. The van der Waals surface area contributed by atoms with Crippen molar-refractivity contribution in [1.82, 2.24) is 14.8 Å². The van der Waals surface area contributed by atoms with Gasteiger partial charge < -0.3 is 4.98 Å². The highest BCUT2D eigenvalue weighted by atomic mass is 35.5. The highest BCUT2D eigenvalue weighted by Gasteiger charge is 2.17. The van der Waals surface area contributed by atoms with Crippen molar-refractivity contribution >= 4 is 28.2 Å². The molecule has 0 saturated carbocycles. The van der Waals surface area contributed by atoms with E-state index in [1.807, 2.05) is 31.3 Å². The van der Waals surface area contributed by atoms with Gasteiger partial charge >= 0.3 is 0 Å². The van der Waals surface area contributed by atoms with Gasteiger partial charge in [-0.05, 0) is 67.8 Å². The molecule has 0 aliphatic rings. The molecule has 2 heterocycles. The molecular formula is C24H24ClFN4O. The zero-order valence-electron chi connectivity index (χ0n) is 17.5. The lowest BCUT2D eigenvalue weighted by Gasteiger charge is -2.02. The first kappa shape index (κ1) is 21.1. The molecule has 0 amide bonds. The number of aromatic nitrogens is 3. The number of hydrogen-bond acceptors (Lipinski definition) is 2. The van der Waals surface area contributed by atoms with E-state index in [-0.39, 0.29) is 11.4 Å². The Labute approximate surface area is 184 Å². The summed E-state index contributed by atoms with van der Waals surface area (Å²) in [6, 6.07) is 11.6. The Morgan fingerprint density at radius 3 is 2.68 bits per heavy atom. The molecule has 0 radical (unpaired) electrons. The minimum Gasteiger partial charge on any atom is -0.361 e. The molecule has 7 heteroatoms. The lowest BCUT2D eigenvalue weighted by atomic mass is 10.1. The lowest BCUT2D eigenvalue weighted by molar-refractivity contribution is 0.626. The zero-order valence-corrected chi connectivity index (χ0v) is 18.3. The van der Waals surface area contributed by atoms with Crippen LogP contribution in [0.25, 0.3) is 16.6 Å². The van der Waals surface area contributed by atoms with Crippen LogP contribution in [-0.2, 0) is 12.8 Å². The van der Waals surface area contributed by atoms with Crippen molar-refractivity contribution in [2.24, 2.45) is 4.99 Å². The summed E-state index contributed by atoms with van der Waals surface area (Å²) in [7, 11) is 0. The summed E-state index contributed by atoms with van der Waals surface area (Å²) in [5, 5.41) is 4.97. The predicted octanol–water partition coefficient (Wildman–Crippen LogP) is 5.44. The van der Waals surface area contributed by atoms with Crippen LogP contribution in [0.5, 0.6) is 0 Å². The molecule has 0 bridgehead atoms. The van der Waals surface area contributed by atoms with Crippen molar-refractivity contribution < 1.29 is 4.39 Å². The monoisotopic (exact) mass is 438 g/mol. The normalized spacial score (nSPS) is 12.1. The maximum Gasteiger partial charge on any atom is 0.280 e. The van der Waals surface area contributed by atoms with Gasteiger partial charge in [-0.2, -0.15) is 0 Å². The van der Waals surface area contributed by atoms with Crippen LogP contribution in [0, 0.1) is 5.82 Å². The zero-order chi connectivity index (χ0) is 22.0. The fraction of sp³-hybridized carbons (Fsp3) is 0.250. The third kappa shape index (κ3) is 4.35. The first-order valence-electron chi connectivity index (χ1n) is 10.3. The van der Waals surface area contributed by atoms with Crippen LogP contribution < -0.4 is 5.56 Å². The Hall–Kier alpha value is -3.12. The van der Waals surface area contributed by atoms with Crippen LogP contribution >= 0.6 is 11.6 Å². The van der Waals surface area contributed by atoms with Gasteiger partial charge in [0.1, 0.15) is 5.82 Å². The summed E-state index contributed by atoms with van der Waals surface area (Å²) in [6.45, 7) is 4.48. The summed E-state index contributed by atoms with van der Waals surface area (Å²) in [5.41, 5.74) is 4.74. The van der Waals surface area contributed by atoms with Crippen molar-refractivity contribution in [1.29, 1.82) is 0 Å². The van der Waals surface area contributed by atoms with Gasteiger partial charge in [0, 0.05) is 40.1 Å². The molecule has 2 N–H and O–H groups in total. The number of rotatable bonds is 7. The summed E-state index contributed by atoms with van der Waals surface area (Å²) in [6.07, 6.45) is 4.33. The van der Waals surface area contributed by atoms with Crippen LogP contribution in [0.2, 0.25) is 5.02 Å². The number of H-pyrrole nitrogens is 2. The molecule has 0 spiro atoms. The number of nitrogens with one attached hydrogen (secondary N) is 2. The summed E-state index contributed by atoms with van der Waals surface area (Å²) >= 11 is 6.14. The van der Waals surface area contributed by atoms with E-state index in [2.05, 4.69) is 17.0 Å². The molecule has 0 aliphatic carbocycles. The molecular weight excluding hydrogens is 415 g/mol. The van der Waals surface area contributed by atoms with E-state index >= 15 is 0 Å². The lowest BCUT2D eigenvalue weighted by Crippen LogP contribution is -2.20. The molecule has 0 atom stereocenters. The SMILES string of the molecule is CCCc1[nH]n(-c2ccc(F)cc2)c(=O)c1C(C)=NCCc1c[nH]c2ccc(Cl)cc12. The molecule has 0 fully saturated rings. The van der Waals surface area contributed by atoms with E-state index in [4.69, 9.17) is 16.6 Å². The van der Waals surface area contributed by atoms with E-state index < -0.39 is 0 Å². The van der Waals surface area contributed by atoms with Crippen LogP contribution in [0.4, 0.5) is 4.39 Å². The van der Waals surface area contributed by atoms with E-state index in [1.54, 1.807) is 12.1 Å². The molecule has 5 nitrogen and oxygen atoms in total.